The van der Waals surface area contributed by atoms with Gasteiger partial charge in [-0.2, -0.15) is 0 Å². The largest absolute Gasteiger partial charge is 0.414 e. The van der Waals surface area contributed by atoms with E-state index in [1.54, 1.807) is 31.4 Å². The van der Waals surface area contributed by atoms with Crippen molar-refractivity contribution >= 4 is 32.8 Å². The Hall–Kier alpha value is -0.886. The topological polar surface area (TPSA) is 88.1 Å². The highest BCUT2D eigenvalue weighted by atomic mass is 32.2. The van der Waals surface area contributed by atoms with Gasteiger partial charge in [-0.15, -0.1) is 0 Å². The first kappa shape index (κ1) is 35.3. The Labute approximate surface area is 245 Å². The Morgan fingerprint density at radius 3 is 1.98 bits per heavy atom. The lowest BCUT2D eigenvalue weighted by atomic mass is 9.94. The van der Waals surface area contributed by atoms with E-state index in [2.05, 4.69) is 67.7 Å². The fourth-order valence-corrected chi connectivity index (χ4v) is 8.59. The van der Waals surface area contributed by atoms with Gasteiger partial charge in [-0.1, -0.05) is 59.2 Å². The normalized spacial score (nSPS) is 23.8. The maximum Gasteiger partial charge on any atom is 0.192 e. The number of aryl methyl sites for hydroxylation is 1. The van der Waals surface area contributed by atoms with Crippen molar-refractivity contribution in [1.82, 2.24) is 0 Å². The van der Waals surface area contributed by atoms with Gasteiger partial charge in [-0.25, -0.2) is 8.42 Å². The lowest BCUT2D eigenvalue weighted by Crippen LogP contribution is -2.49. The number of carbonyl (C=O) groups is 1. The summed E-state index contributed by atoms with van der Waals surface area (Å²) in [7, 11) is -6.24. The lowest BCUT2D eigenvalue weighted by molar-refractivity contribution is -0.111. The van der Waals surface area contributed by atoms with Crippen LogP contribution in [0, 0.1) is 12.8 Å². The van der Waals surface area contributed by atoms with Crippen molar-refractivity contribution in [2.24, 2.45) is 5.92 Å². The quantitative estimate of drug-likeness (QED) is 0.184. The number of hydrogen-bond acceptors (Lipinski definition) is 7. The molecule has 1 fully saturated rings. The van der Waals surface area contributed by atoms with Gasteiger partial charge in [-0.05, 0) is 55.3 Å². The van der Waals surface area contributed by atoms with E-state index in [1.807, 2.05) is 6.92 Å². The van der Waals surface area contributed by atoms with Crippen LogP contribution in [0.4, 0.5) is 0 Å². The molecule has 1 unspecified atom stereocenters. The summed E-state index contributed by atoms with van der Waals surface area (Å²) in [6.45, 7) is 24.5. The summed E-state index contributed by atoms with van der Waals surface area (Å²) in [5, 5.41) is 0.0576. The summed E-state index contributed by atoms with van der Waals surface area (Å²) in [4.78, 5) is 11.9. The lowest BCUT2D eigenvalue weighted by Gasteiger charge is -2.42. The van der Waals surface area contributed by atoms with E-state index in [9.17, 15) is 13.2 Å². The summed E-state index contributed by atoms with van der Waals surface area (Å²) in [5.74, 6) is -0.640. The number of aldehydes is 1. The molecule has 1 aliphatic heterocycles. The van der Waals surface area contributed by atoms with Crippen molar-refractivity contribution in [3.63, 3.8) is 0 Å². The number of benzene rings is 1. The average Bonchev–Trinajstić information content (AvgIpc) is 3.11. The molecule has 0 spiro atoms. The second-order valence-electron chi connectivity index (χ2n) is 14.4. The Bertz CT molecular complexity index is 1070. The molecule has 2 rings (SSSR count). The third kappa shape index (κ3) is 8.81. The predicted octanol–water partition coefficient (Wildman–Crippen LogP) is 6.56. The molecule has 1 heterocycles. The standard InChI is InChI=1S/C30H54O7SSi2/c1-22-13-15-24(16-14-22)38(32,33)21-25-26(17-18-31)36-27(28(25)34-8)19-23(37-40(11,12)30(5,6)7)20-35-39(9,10)29(2,3)4/h13-16,18,23,25-28H,17,19-21H2,1-12H3/t23-,25-,26-,27+,28?/m0/s1. The van der Waals surface area contributed by atoms with E-state index in [4.69, 9.17) is 18.3 Å². The van der Waals surface area contributed by atoms with Crippen LogP contribution in [0.5, 0.6) is 0 Å². The molecule has 230 valence electrons. The molecule has 0 amide bonds. The summed E-state index contributed by atoms with van der Waals surface area (Å²) in [6, 6.07) is 6.86. The zero-order chi connectivity index (χ0) is 30.7. The number of hydrogen-bond donors (Lipinski definition) is 0. The molecule has 40 heavy (non-hydrogen) atoms. The zero-order valence-corrected chi connectivity index (χ0v) is 29.7. The molecule has 0 saturated carbocycles. The third-order valence-corrected chi connectivity index (χ3v) is 20.1. The Balaban J connectivity index is 2.36. The highest BCUT2D eigenvalue weighted by Crippen LogP contribution is 2.41. The van der Waals surface area contributed by atoms with Crippen LogP contribution in [-0.4, -0.2) is 75.2 Å². The molecular formula is C30H54O7SSi2. The molecule has 1 aliphatic rings. The molecule has 0 aromatic heterocycles. The highest BCUT2D eigenvalue weighted by Gasteiger charge is 2.49. The number of rotatable bonds is 13. The van der Waals surface area contributed by atoms with Crippen molar-refractivity contribution < 1.29 is 31.5 Å². The smallest absolute Gasteiger partial charge is 0.192 e. The van der Waals surface area contributed by atoms with E-state index in [1.165, 1.54) is 0 Å². The van der Waals surface area contributed by atoms with Gasteiger partial charge in [0.25, 0.3) is 0 Å². The van der Waals surface area contributed by atoms with E-state index < -0.39 is 50.7 Å². The van der Waals surface area contributed by atoms with Crippen LogP contribution in [0.2, 0.25) is 36.3 Å². The van der Waals surface area contributed by atoms with Crippen molar-refractivity contribution in [3.05, 3.63) is 29.8 Å². The summed E-state index contributed by atoms with van der Waals surface area (Å²) in [5.41, 5.74) is 0.990. The van der Waals surface area contributed by atoms with Crippen molar-refractivity contribution in [3.8, 4) is 0 Å². The van der Waals surface area contributed by atoms with Crippen LogP contribution in [0.25, 0.3) is 0 Å². The van der Waals surface area contributed by atoms with Gasteiger partial charge in [0, 0.05) is 25.9 Å². The minimum absolute atomic E-state index is 0.00409. The second-order valence-corrected chi connectivity index (χ2v) is 26.0. The van der Waals surface area contributed by atoms with Crippen LogP contribution in [0.15, 0.2) is 29.2 Å². The summed E-state index contributed by atoms with van der Waals surface area (Å²) >= 11 is 0. The van der Waals surface area contributed by atoms with Gasteiger partial charge >= 0.3 is 0 Å². The minimum atomic E-state index is -3.62. The summed E-state index contributed by atoms with van der Waals surface area (Å²) in [6.07, 6.45) is -0.316. The maximum absolute atomic E-state index is 13.4. The molecule has 5 atom stereocenters. The van der Waals surface area contributed by atoms with Crippen LogP contribution in [0.3, 0.4) is 0 Å². The van der Waals surface area contributed by atoms with Gasteiger partial charge in [0.1, 0.15) is 6.29 Å². The molecule has 7 nitrogen and oxygen atoms in total. The fourth-order valence-electron chi connectivity index (χ4n) is 4.55. The van der Waals surface area contributed by atoms with Gasteiger partial charge in [0.2, 0.25) is 0 Å². The first-order valence-corrected chi connectivity index (χ1v) is 21.8. The molecule has 0 N–H and O–H groups in total. The molecule has 10 heteroatoms. The molecule has 0 aliphatic carbocycles. The minimum Gasteiger partial charge on any atom is -0.414 e. The second kappa shape index (κ2) is 13.2. The van der Waals surface area contributed by atoms with E-state index in [0.717, 1.165) is 11.8 Å². The van der Waals surface area contributed by atoms with E-state index in [0.29, 0.717) is 13.0 Å². The van der Waals surface area contributed by atoms with Crippen molar-refractivity contribution in [1.29, 1.82) is 0 Å². The van der Waals surface area contributed by atoms with Crippen molar-refractivity contribution in [2.75, 3.05) is 19.5 Å². The van der Waals surface area contributed by atoms with E-state index in [-0.39, 0.29) is 33.2 Å². The summed E-state index contributed by atoms with van der Waals surface area (Å²) < 4.78 is 52.7. The third-order valence-electron chi connectivity index (χ3n) is 9.21. The van der Waals surface area contributed by atoms with E-state index >= 15 is 0 Å². The number of methoxy groups -OCH3 is 1. The average molecular weight is 615 g/mol. The Morgan fingerprint density at radius 2 is 1.50 bits per heavy atom. The molecule has 0 bridgehead atoms. The molecule has 1 saturated heterocycles. The number of carbonyl (C=O) groups excluding carboxylic acids is 1. The monoisotopic (exact) mass is 614 g/mol. The van der Waals surface area contributed by atoms with Crippen molar-refractivity contribution in [2.45, 2.75) is 127 Å². The predicted molar refractivity (Wildman–Crippen MR) is 167 cm³/mol. The first-order valence-electron chi connectivity index (χ1n) is 14.4. The van der Waals surface area contributed by atoms with Crippen LogP contribution >= 0.6 is 0 Å². The molecule has 1 aromatic rings. The Kier molecular flexibility index (Phi) is 11.6. The Morgan fingerprint density at radius 1 is 0.950 bits per heavy atom. The maximum atomic E-state index is 13.4. The first-order chi connectivity index (χ1) is 18.1. The van der Waals surface area contributed by atoms with Crippen LogP contribution in [-0.2, 0) is 33.0 Å². The van der Waals surface area contributed by atoms with Gasteiger partial charge in [-0.3, -0.25) is 0 Å². The number of sulfone groups is 1. The van der Waals surface area contributed by atoms with Crippen LogP contribution < -0.4 is 0 Å². The molecule has 0 radical (unpaired) electrons. The van der Waals surface area contributed by atoms with Gasteiger partial charge in [0.15, 0.2) is 26.5 Å². The zero-order valence-electron chi connectivity index (χ0n) is 26.9. The highest BCUT2D eigenvalue weighted by molar-refractivity contribution is 7.91. The van der Waals surface area contributed by atoms with Crippen LogP contribution in [0.1, 0.15) is 59.9 Å². The number of ether oxygens (including phenoxy) is 2. The fraction of sp³-hybridized carbons (Fsp3) is 0.767. The van der Waals surface area contributed by atoms with Gasteiger partial charge < -0.3 is 23.1 Å². The molecular weight excluding hydrogens is 561 g/mol. The van der Waals surface area contributed by atoms with Gasteiger partial charge in [0.05, 0.1) is 41.7 Å². The molecule has 1 aromatic carbocycles. The SMILES string of the molecule is COC1[C@@H](CS(=O)(=O)c2ccc(C)cc2)[C@H](CC=O)O[C@@H]1C[C@@H](CO[Si](C)(C)C(C)(C)C)O[Si](C)(C)C(C)(C)C.